The molecule has 0 atom stereocenters. The van der Waals surface area contributed by atoms with E-state index < -0.39 is 10.9 Å². The topological polar surface area (TPSA) is 120 Å². The molecular weight excluding hydrogens is 374 g/mol. The first-order valence-corrected chi connectivity index (χ1v) is 9.02. The number of aryl methyl sites for hydroxylation is 1. The van der Waals surface area contributed by atoms with Gasteiger partial charge in [-0.25, -0.2) is 4.79 Å². The van der Waals surface area contributed by atoms with Gasteiger partial charge in [-0.05, 0) is 36.7 Å². The lowest BCUT2D eigenvalue weighted by atomic mass is 10.2. The first kappa shape index (κ1) is 18.8. The van der Waals surface area contributed by atoms with Crippen LogP contribution in [0, 0.1) is 10.1 Å². The van der Waals surface area contributed by atoms with Crippen molar-refractivity contribution in [3.63, 3.8) is 0 Å². The molecule has 1 amide bonds. The van der Waals surface area contributed by atoms with Crippen LogP contribution < -0.4 is 0 Å². The van der Waals surface area contributed by atoms with Gasteiger partial charge >= 0.3 is 5.97 Å². The summed E-state index contributed by atoms with van der Waals surface area (Å²) in [5.74, 6) is -1.04. The molecule has 0 bridgehead atoms. The van der Waals surface area contributed by atoms with E-state index in [2.05, 4.69) is 10.2 Å². The molecule has 0 unspecified atom stereocenters. The van der Waals surface area contributed by atoms with E-state index in [1.54, 1.807) is 16.5 Å². The number of carbonyl (C=O) groups excluding carboxylic acids is 2. The van der Waals surface area contributed by atoms with Crippen molar-refractivity contribution >= 4 is 29.3 Å². The number of rotatable bonds is 6. The molecular formula is C16H17N5O5S. The van der Waals surface area contributed by atoms with Gasteiger partial charge in [0.15, 0.2) is 11.8 Å². The highest BCUT2D eigenvalue weighted by Crippen LogP contribution is 2.34. The molecule has 1 aliphatic rings. The Balaban J connectivity index is 1.71. The van der Waals surface area contributed by atoms with Crippen LogP contribution in [0.5, 0.6) is 0 Å². The fourth-order valence-corrected chi connectivity index (χ4v) is 3.46. The zero-order valence-electron chi connectivity index (χ0n) is 14.5. The molecule has 2 aromatic rings. The lowest BCUT2D eigenvalue weighted by Crippen LogP contribution is -2.32. The zero-order chi connectivity index (χ0) is 19.4. The summed E-state index contributed by atoms with van der Waals surface area (Å²) in [5.41, 5.74) is -0.235. The Morgan fingerprint density at radius 2 is 2.07 bits per heavy atom. The Bertz CT molecular complexity index is 878. The van der Waals surface area contributed by atoms with Crippen molar-refractivity contribution < 1.29 is 19.2 Å². The van der Waals surface area contributed by atoms with Gasteiger partial charge in [-0.3, -0.25) is 14.9 Å². The minimum absolute atomic E-state index is 0.0123. The largest absolute Gasteiger partial charge is 0.452 e. The highest BCUT2D eigenvalue weighted by atomic mass is 32.2. The van der Waals surface area contributed by atoms with E-state index in [0.29, 0.717) is 23.1 Å². The molecule has 0 saturated carbocycles. The maximum absolute atomic E-state index is 12.2. The minimum atomic E-state index is -0.777. The Morgan fingerprint density at radius 3 is 2.70 bits per heavy atom. The summed E-state index contributed by atoms with van der Waals surface area (Å²) in [4.78, 5) is 36.9. The van der Waals surface area contributed by atoms with Crippen LogP contribution in [0.2, 0.25) is 0 Å². The van der Waals surface area contributed by atoms with Crippen molar-refractivity contribution in [2.75, 3.05) is 19.7 Å². The Kier molecular flexibility index (Phi) is 5.69. The number of ether oxygens (including phenoxy) is 1. The van der Waals surface area contributed by atoms with Gasteiger partial charge in [0.05, 0.1) is 15.4 Å². The third-order valence-electron chi connectivity index (χ3n) is 4.05. The van der Waals surface area contributed by atoms with E-state index in [0.717, 1.165) is 30.7 Å². The van der Waals surface area contributed by atoms with E-state index in [9.17, 15) is 19.7 Å². The van der Waals surface area contributed by atoms with Crippen LogP contribution in [0.3, 0.4) is 0 Å². The first-order chi connectivity index (χ1) is 13.0. The second kappa shape index (κ2) is 8.16. The van der Waals surface area contributed by atoms with E-state index in [-0.39, 0.29) is 23.8 Å². The van der Waals surface area contributed by atoms with Crippen molar-refractivity contribution in [2.45, 2.75) is 22.9 Å². The number of aromatic nitrogens is 3. The monoisotopic (exact) mass is 391 g/mol. The highest BCUT2D eigenvalue weighted by molar-refractivity contribution is 7.99. The number of nitrogens with zero attached hydrogens (tertiary/aromatic N) is 5. The minimum Gasteiger partial charge on any atom is -0.452 e. The Labute approximate surface area is 158 Å². The molecule has 0 aliphatic carbocycles. The molecule has 1 aromatic carbocycles. The van der Waals surface area contributed by atoms with Crippen LogP contribution in [0.4, 0.5) is 5.69 Å². The molecule has 0 spiro atoms. The number of benzene rings is 1. The van der Waals surface area contributed by atoms with Crippen LogP contribution in [0.25, 0.3) is 0 Å². The van der Waals surface area contributed by atoms with Crippen molar-refractivity contribution in [2.24, 2.45) is 7.05 Å². The molecule has 1 saturated heterocycles. The van der Waals surface area contributed by atoms with E-state index in [1.165, 1.54) is 18.5 Å². The van der Waals surface area contributed by atoms with Gasteiger partial charge < -0.3 is 14.2 Å². The van der Waals surface area contributed by atoms with Gasteiger partial charge in [0.2, 0.25) is 0 Å². The fraction of sp³-hybridized carbons (Fsp3) is 0.375. The summed E-state index contributed by atoms with van der Waals surface area (Å²) >= 11 is 1.07. The molecule has 3 rings (SSSR count). The summed E-state index contributed by atoms with van der Waals surface area (Å²) in [6, 6.07) is 4.02. The normalized spacial score (nSPS) is 13.6. The second-order valence-electron chi connectivity index (χ2n) is 5.93. The molecule has 27 heavy (non-hydrogen) atoms. The van der Waals surface area contributed by atoms with Crippen LogP contribution in [0.15, 0.2) is 34.6 Å². The third kappa shape index (κ3) is 4.42. The van der Waals surface area contributed by atoms with Crippen LogP contribution in [-0.4, -0.2) is 56.2 Å². The van der Waals surface area contributed by atoms with Crippen molar-refractivity contribution in [3.8, 4) is 0 Å². The van der Waals surface area contributed by atoms with Crippen LogP contribution in [0.1, 0.15) is 23.2 Å². The van der Waals surface area contributed by atoms with Crippen molar-refractivity contribution in [1.29, 1.82) is 0 Å². The van der Waals surface area contributed by atoms with E-state index >= 15 is 0 Å². The maximum atomic E-state index is 12.2. The average Bonchev–Trinajstić information content (AvgIpc) is 3.32. The SMILES string of the molecule is Cn1cnnc1Sc1ccc(C(=O)OCC(=O)N2CCCC2)cc1[N+](=O)[O-]. The van der Waals surface area contributed by atoms with Gasteiger partial charge in [-0.15, -0.1) is 10.2 Å². The molecule has 1 fully saturated rings. The molecule has 142 valence electrons. The molecule has 10 nitrogen and oxygen atoms in total. The van der Waals surface area contributed by atoms with Gasteiger partial charge in [0.25, 0.3) is 11.6 Å². The second-order valence-corrected chi connectivity index (χ2v) is 6.94. The number of esters is 1. The van der Waals surface area contributed by atoms with Crippen LogP contribution >= 0.6 is 11.8 Å². The standard InChI is InChI=1S/C16H17N5O5S/c1-19-10-17-18-16(19)27-13-5-4-11(8-12(13)21(24)25)15(23)26-9-14(22)20-6-2-3-7-20/h4-5,8,10H,2-3,6-7,9H2,1H3. The Hall–Kier alpha value is -2.95. The average molecular weight is 391 g/mol. The fourth-order valence-electron chi connectivity index (χ4n) is 2.61. The van der Waals surface area contributed by atoms with Gasteiger partial charge in [-0.1, -0.05) is 0 Å². The number of hydrogen-bond acceptors (Lipinski definition) is 8. The molecule has 2 heterocycles. The number of nitro benzene ring substituents is 1. The molecule has 1 aromatic heterocycles. The summed E-state index contributed by atoms with van der Waals surface area (Å²) in [5, 5.41) is 19.5. The maximum Gasteiger partial charge on any atom is 0.338 e. The molecule has 0 N–H and O–H groups in total. The summed E-state index contributed by atoms with van der Waals surface area (Å²) in [7, 11) is 1.72. The van der Waals surface area contributed by atoms with Gasteiger partial charge in [-0.2, -0.15) is 0 Å². The number of nitro groups is 1. The van der Waals surface area contributed by atoms with E-state index in [1.807, 2.05) is 0 Å². The summed E-state index contributed by atoms with van der Waals surface area (Å²) in [6.45, 7) is 0.952. The highest BCUT2D eigenvalue weighted by Gasteiger charge is 2.23. The number of amides is 1. The van der Waals surface area contributed by atoms with Crippen LogP contribution in [-0.2, 0) is 16.6 Å². The van der Waals surface area contributed by atoms with Gasteiger partial charge in [0.1, 0.15) is 6.33 Å². The number of carbonyl (C=O) groups is 2. The molecule has 1 aliphatic heterocycles. The zero-order valence-corrected chi connectivity index (χ0v) is 15.3. The number of hydrogen-bond donors (Lipinski definition) is 0. The predicted molar refractivity (Wildman–Crippen MR) is 94.3 cm³/mol. The third-order valence-corrected chi connectivity index (χ3v) is 5.17. The lowest BCUT2D eigenvalue weighted by Gasteiger charge is -2.14. The van der Waals surface area contributed by atoms with Crippen molar-refractivity contribution in [3.05, 3.63) is 40.2 Å². The Morgan fingerprint density at radius 1 is 1.33 bits per heavy atom. The first-order valence-electron chi connectivity index (χ1n) is 8.21. The predicted octanol–water partition coefficient (Wildman–Crippen LogP) is 1.65. The van der Waals surface area contributed by atoms with E-state index in [4.69, 9.17) is 4.74 Å². The number of likely N-dealkylation sites (tertiary alicyclic amines) is 1. The summed E-state index contributed by atoms with van der Waals surface area (Å²) < 4.78 is 6.64. The molecule has 11 heteroatoms. The quantitative estimate of drug-likeness (QED) is 0.414. The van der Waals surface area contributed by atoms with Crippen molar-refractivity contribution in [1.82, 2.24) is 19.7 Å². The van der Waals surface area contributed by atoms with Gasteiger partial charge in [0, 0.05) is 26.2 Å². The summed E-state index contributed by atoms with van der Waals surface area (Å²) in [6.07, 6.45) is 3.37. The lowest BCUT2D eigenvalue weighted by molar-refractivity contribution is -0.387. The smallest absolute Gasteiger partial charge is 0.338 e. The molecule has 0 radical (unpaired) electrons.